The van der Waals surface area contributed by atoms with Crippen molar-refractivity contribution >= 4 is 33.1 Å². The highest BCUT2D eigenvalue weighted by molar-refractivity contribution is 7.18. The molecular formula is C32H27N5O6S. The number of aromatic nitrogens is 4. The number of amides is 1. The summed E-state index contributed by atoms with van der Waals surface area (Å²) in [4.78, 5) is 55.8. The number of anilines is 1. The first kappa shape index (κ1) is 28.6. The number of hydrogen-bond acceptors (Lipinski definition) is 8. The van der Waals surface area contributed by atoms with E-state index >= 15 is 0 Å². The van der Waals surface area contributed by atoms with E-state index in [4.69, 9.17) is 4.74 Å². The van der Waals surface area contributed by atoms with Crippen molar-refractivity contribution in [1.29, 1.82) is 0 Å². The van der Waals surface area contributed by atoms with Crippen LogP contribution in [0.15, 0.2) is 97.8 Å². The summed E-state index contributed by atoms with van der Waals surface area (Å²) in [6.07, 6.45) is 0.704. The average Bonchev–Trinajstić information content (AvgIpc) is 3.69. The van der Waals surface area contributed by atoms with E-state index < -0.39 is 29.5 Å². The molecule has 0 saturated heterocycles. The molecule has 3 aromatic heterocycles. The van der Waals surface area contributed by atoms with Gasteiger partial charge in [0, 0.05) is 16.1 Å². The second kappa shape index (κ2) is 12.0. The van der Waals surface area contributed by atoms with Crippen LogP contribution in [0.3, 0.4) is 0 Å². The zero-order chi connectivity index (χ0) is 30.8. The van der Waals surface area contributed by atoms with Crippen LogP contribution in [0, 0.1) is 0 Å². The van der Waals surface area contributed by atoms with Crippen LogP contribution in [0.4, 0.5) is 5.69 Å². The van der Waals surface area contributed by atoms with Gasteiger partial charge in [-0.15, -0.1) is 11.3 Å². The maximum absolute atomic E-state index is 13.8. The molecule has 6 rings (SSSR count). The molecule has 0 spiro atoms. The second-order valence-electron chi connectivity index (χ2n) is 10.0. The Hall–Kier alpha value is -5.49. The molecule has 2 N–H and O–H groups in total. The number of hydrogen-bond donors (Lipinski definition) is 2. The van der Waals surface area contributed by atoms with Crippen LogP contribution in [0.5, 0.6) is 5.75 Å². The van der Waals surface area contributed by atoms with Crippen molar-refractivity contribution in [2.24, 2.45) is 0 Å². The van der Waals surface area contributed by atoms with Crippen molar-refractivity contribution in [3.63, 3.8) is 0 Å². The Morgan fingerprint density at radius 2 is 1.70 bits per heavy atom. The lowest BCUT2D eigenvalue weighted by atomic mass is 9.98. The van der Waals surface area contributed by atoms with Crippen molar-refractivity contribution < 1.29 is 14.1 Å². The third kappa shape index (κ3) is 5.62. The number of rotatable bonds is 9. The fourth-order valence-electron chi connectivity index (χ4n) is 4.98. The molecule has 1 amide bonds. The number of thiophene rings is 1. The summed E-state index contributed by atoms with van der Waals surface area (Å²) in [7, 11) is 1.55. The minimum Gasteiger partial charge on any atom is -0.497 e. The highest BCUT2D eigenvalue weighted by atomic mass is 32.1. The number of nitrogens with one attached hydrogen (secondary N) is 2. The average molecular weight is 610 g/mol. The van der Waals surface area contributed by atoms with E-state index in [1.807, 2.05) is 55.5 Å². The van der Waals surface area contributed by atoms with Crippen molar-refractivity contribution in [1.82, 2.24) is 19.3 Å². The summed E-state index contributed by atoms with van der Waals surface area (Å²) in [5.74, 6) is -0.171. The molecule has 222 valence electrons. The molecule has 0 radical (unpaired) electrons. The second-order valence-corrected chi connectivity index (χ2v) is 11.1. The van der Waals surface area contributed by atoms with Gasteiger partial charge >= 0.3 is 11.4 Å². The van der Waals surface area contributed by atoms with Gasteiger partial charge in [-0.3, -0.25) is 28.2 Å². The number of aryl methyl sites for hydroxylation is 1. The zero-order valence-corrected chi connectivity index (χ0v) is 24.6. The highest BCUT2D eigenvalue weighted by Crippen LogP contribution is 2.30. The molecule has 44 heavy (non-hydrogen) atoms. The van der Waals surface area contributed by atoms with E-state index in [0.717, 1.165) is 26.1 Å². The van der Waals surface area contributed by atoms with E-state index in [0.29, 0.717) is 39.5 Å². The Bertz CT molecular complexity index is 2150. The smallest absolute Gasteiger partial charge is 0.439 e. The van der Waals surface area contributed by atoms with E-state index in [9.17, 15) is 19.2 Å². The van der Waals surface area contributed by atoms with Gasteiger partial charge in [0.2, 0.25) is 5.91 Å². The first-order valence-corrected chi connectivity index (χ1v) is 14.6. The van der Waals surface area contributed by atoms with E-state index in [-0.39, 0.29) is 6.54 Å². The number of ether oxygens (including phenoxy) is 1. The normalized spacial score (nSPS) is 11.1. The standard InChI is InChI=1S/C32H27N5O6S/c1-3-23-16-26-29(39)36(18-27(38)33-21-12-14-22(42-2)15-13-21)32(41)37(30(26)44-23)17-19-8-10-20(11-9-19)24-6-4-5-7-25(24)28-34-31(40)43-35-28/h4-16H,3,17-18H2,1-2H3,(H,33,38)(H,34,35,40). The number of carbonyl (C=O) groups excluding carboxylic acids is 1. The van der Waals surface area contributed by atoms with Crippen LogP contribution in [-0.4, -0.2) is 32.3 Å². The Morgan fingerprint density at radius 3 is 2.36 bits per heavy atom. The van der Waals surface area contributed by atoms with Crippen LogP contribution in [0.25, 0.3) is 32.7 Å². The Morgan fingerprint density at radius 1 is 0.977 bits per heavy atom. The quantitative estimate of drug-likeness (QED) is 0.246. The van der Waals surface area contributed by atoms with Crippen LogP contribution in [-0.2, 0) is 24.3 Å². The van der Waals surface area contributed by atoms with Crippen molar-refractivity contribution in [2.45, 2.75) is 26.4 Å². The molecule has 0 aliphatic heterocycles. The van der Waals surface area contributed by atoms with Gasteiger partial charge < -0.3 is 10.1 Å². The van der Waals surface area contributed by atoms with Gasteiger partial charge in [0.05, 0.1) is 19.0 Å². The number of methoxy groups -OCH3 is 1. The lowest BCUT2D eigenvalue weighted by molar-refractivity contribution is -0.116. The predicted molar refractivity (Wildman–Crippen MR) is 168 cm³/mol. The first-order valence-electron chi connectivity index (χ1n) is 13.8. The van der Waals surface area contributed by atoms with Crippen molar-refractivity contribution in [2.75, 3.05) is 12.4 Å². The van der Waals surface area contributed by atoms with E-state index in [1.165, 1.54) is 11.3 Å². The SMILES string of the molecule is CCc1cc2c(=O)n(CC(=O)Nc3ccc(OC)cc3)c(=O)n(Cc3ccc(-c4ccccc4-c4noc(=O)[nH]4)cc3)c2s1. The van der Waals surface area contributed by atoms with Gasteiger partial charge in [0.25, 0.3) is 5.56 Å². The molecule has 3 aromatic carbocycles. The lowest BCUT2D eigenvalue weighted by Crippen LogP contribution is -2.42. The number of benzene rings is 3. The fourth-order valence-corrected chi connectivity index (χ4v) is 6.06. The molecule has 0 aliphatic carbocycles. The lowest BCUT2D eigenvalue weighted by Gasteiger charge is -2.13. The van der Waals surface area contributed by atoms with E-state index in [2.05, 4.69) is 20.0 Å². The molecule has 0 unspecified atom stereocenters. The summed E-state index contributed by atoms with van der Waals surface area (Å²) in [5.41, 5.74) is 2.69. The minimum absolute atomic E-state index is 0.192. The summed E-state index contributed by atoms with van der Waals surface area (Å²) in [6.45, 7) is 1.74. The van der Waals surface area contributed by atoms with Gasteiger partial charge in [0.1, 0.15) is 17.1 Å². The van der Waals surface area contributed by atoms with Crippen LogP contribution in [0.1, 0.15) is 17.4 Å². The molecule has 11 nitrogen and oxygen atoms in total. The zero-order valence-electron chi connectivity index (χ0n) is 23.8. The number of carbonyl (C=O) groups is 1. The number of H-pyrrole nitrogens is 1. The molecule has 6 aromatic rings. The molecule has 12 heteroatoms. The summed E-state index contributed by atoms with van der Waals surface area (Å²) < 4.78 is 12.4. The topological polar surface area (TPSA) is 141 Å². The molecule has 0 fully saturated rings. The van der Waals surface area contributed by atoms with Gasteiger partial charge in [-0.2, -0.15) is 0 Å². The van der Waals surface area contributed by atoms with Crippen molar-refractivity contribution in [3.05, 3.63) is 121 Å². The van der Waals surface area contributed by atoms with Gasteiger partial charge in [-0.05, 0) is 53.4 Å². The molecule has 0 atom stereocenters. The third-order valence-electron chi connectivity index (χ3n) is 7.20. The van der Waals surface area contributed by atoms with Gasteiger partial charge in [-0.1, -0.05) is 60.6 Å². The molecule has 3 heterocycles. The first-order chi connectivity index (χ1) is 21.3. The summed E-state index contributed by atoms with van der Waals surface area (Å²) in [6, 6.07) is 23.7. The molecule has 0 aliphatic rings. The molecular weight excluding hydrogens is 582 g/mol. The highest BCUT2D eigenvalue weighted by Gasteiger charge is 2.19. The summed E-state index contributed by atoms with van der Waals surface area (Å²) >= 11 is 1.40. The minimum atomic E-state index is -0.638. The predicted octanol–water partition coefficient (Wildman–Crippen LogP) is 4.49. The Labute approximate surface area is 254 Å². The number of aromatic amines is 1. The maximum atomic E-state index is 13.8. The van der Waals surface area contributed by atoms with Gasteiger partial charge in [0.15, 0.2) is 5.82 Å². The summed E-state index contributed by atoms with van der Waals surface area (Å²) in [5, 5.41) is 6.96. The van der Waals surface area contributed by atoms with Crippen LogP contribution in [0.2, 0.25) is 0 Å². The fraction of sp³-hybridized carbons (Fsp3) is 0.156. The maximum Gasteiger partial charge on any atom is 0.439 e. The Kier molecular flexibility index (Phi) is 7.82. The largest absolute Gasteiger partial charge is 0.497 e. The molecule has 0 bridgehead atoms. The molecule has 0 saturated carbocycles. The number of nitrogens with zero attached hydrogens (tertiary/aromatic N) is 3. The van der Waals surface area contributed by atoms with E-state index in [1.54, 1.807) is 42.0 Å². The monoisotopic (exact) mass is 609 g/mol. The van der Waals surface area contributed by atoms with Crippen LogP contribution < -0.4 is 27.1 Å². The van der Waals surface area contributed by atoms with Gasteiger partial charge in [-0.25, -0.2) is 9.59 Å². The third-order valence-corrected chi connectivity index (χ3v) is 8.50. The van der Waals surface area contributed by atoms with Crippen molar-refractivity contribution in [3.8, 4) is 28.3 Å². The van der Waals surface area contributed by atoms with Crippen LogP contribution >= 0.6 is 11.3 Å². The number of fused-ring (bicyclic) bond motifs is 1. The Balaban J connectivity index is 1.33.